The SMILES string of the molecule is CCCCCc1ccc(CCc2ccc(F)cc2)c(F)c1. The first-order valence-corrected chi connectivity index (χ1v) is 7.71. The molecule has 0 spiro atoms. The van der Waals surface area contributed by atoms with Gasteiger partial charge in [-0.1, -0.05) is 44.0 Å². The predicted octanol–water partition coefficient (Wildman–Crippen LogP) is 5.48. The Morgan fingerprint density at radius 1 is 0.762 bits per heavy atom. The molecule has 2 aromatic rings. The molecule has 0 aliphatic rings. The molecule has 2 heteroatoms. The molecule has 0 radical (unpaired) electrons. The predicted molar refractivity (Wildman–Crippen MR) is 83.4 cm³/mol. The maximum atomic E-state index is 14.1. The summed E-state index contributed by atoms with van der Waals surface area (Å²) in [5.41, 5.74) is 2.84. The molecule has 0 amide bonds. The van der Waals surface area contributed by atoms with Crippen LogP contribution in [0, 0.1) is 11.6 Å². The number of halogens is 2. The molecule has 0 atom stereocenters. The highest BCUT2D eigenvalue weighted by Gasteiger charge is 2.04. The van der Waals surface area contributed by atoms with Gasteiger partial charge in [-0.25, -0.2) is 8.78 Å². The third-order valence-electron chi connectivity index (χ3n) is 3.78. The third-order valence-corrected chi connectivity index (χ3v) is 3.78. The van der Waals surface area contributed by atoms with Crippen LogP contribution in [-0.4, -0.2) is 0 Å². The van der Waals surface area contributed by atoms with Gasteiger partial charge < -0.3 is 0 Å². The average molecular weight is 288 g/mol. The minimum Gasteiger partial charge on any atom is -0.207 e. The first-order valence-electron chi connectivity index (χ1n) is 7.71. The summed E-state index contributed by atoms with van der Waals surface area (Å²) in [7, 11) is 0. The van der Waals surface area contributed by atoms with Crippen LogP contribution in [0.1, 0.15) is 42.9 Å². The summed E-state index contributed by atoms with van der Waals surface area (Å²) in [6.07, 6.45) is 5.80. The Hall–Kier alpha value is -1.70. The van der Waals surface area contributed by atoms with Crippen molar-refractivity contribution in [3.8, 4) is 0 Å². The second-order valence-corrected chi connectivity index (χ2v) is 5.51. The van der Waals surface area contributed by atoms with Gasteiger partial charge in [-0.2, -0.15) is 0 Å². The van der Waals surface area contributed by atoms with Gasteiger partial charge in [-0.05, 0) is 60.6 Å². The molecule has 0 nitrogen and oxygen atoms in total. The highest BCUT2D eigenvalue weighted by molar-refractivity contribution is 5.26. The van der Waals surface area contributed by atoms with E-state index in [0.717, 1.165) is 36.0 Å². The lowest BCUT2D eigenvalue weighted by Gasteiger charge is -2.07. The minimum absolute atomic E-state index is 0.119. The number of hydrogen-bond donors (Lipinski definition) is 0. The summed E-state index contributed by atoms with van der Waals surface area (Å²) in [6, 6.07) is 12.0. The van der Waals surface area contributed by atoms with Crippen LogP contribution in [-0.2, 0) is 19.3 Å². The molecule has 21 heavy (non-hydrogen) atoms. The van der Waals surface area contributed by atoms with E-state index in [4.69, 9.17) is 0 Å². The molecule has 0 fully saturated rings. The Labute approximate surface area is 125 Å². The normalized spacial score (nSPS) is 10.8. The van der Waals surface area contributed by atoms with E-state index in [1.807, 2.05) is 12.1 Å². The highest BCUT2D eigenvalue weighted by atomic mass is 19.1. The second kappa shape index (κ2) is 7.92. The van der Waals surface area contributed by atoms with Crippen LogP contribution in [0.25, 0.3) is 0 Å². The van der Waals surface area contributed by atoms with E-state index in [9.17, 15) is 8.78 Å². The first-order chi connectivity index (χ1) is 10.2. The van der Waals surface area contributed by atoms with E-state index in [2.05, 4.69) is 6.92 Å². The molecule has 0 saturated carbocycles. The van der Waals surface area contributed by atoms with Crippen molar-refractivity contribution < 1.29 is 8.78 Å². The molecule has 112 valence electrons. The summed E-state index contributed by atoms with van der Waals surface area (Å²) in [4.78, 5) is 0. The lowest BCUT2D eigenvalue weighted by Crippen LogP contribution is -1.97. The van der Waals surface area contributed by atoms with Gasteiger partial charge in [-0.3, -0.25) is 0 Å². The van der Waals surface area contributed by atoms with Crippen molar-refractivity contribution in [2.45, 2.75) is 45.4 Å². The van der Waals surface area contributed by atoms with Crippen LogP contribution in [0.2, 0.25) is 0 Å². The van der Waals surface area contributed by atoms with Crippen molar-refractivity contribution in [3.05, 3.63) is 70.8 Å². The lowest BCUT2D eigenvalue weighted by molar-refractivity contribution is 0.604. The number of benzene rings is 2. The number of hydrogen-bond acceptors (Lipinski definition) is 0. The monoisotopic (exact) mass is 288 g/mol. The molecule has 2 aromatic carbocycles. The van der Waals surface area contributed by atoms with E-state index in [1.165, 1.54) is 25.0 Å². The van der Waals surface area contributed by atoms with E-state index in [1.54, 1.807) is 18.2 Å². The maximum absolute atomic E-state index is 14.1. The molecule has 0 aromatic heterocycles. The zero-order valence-corrected chi connectivity index (χ0v) is 12.5. The second-order valence-electron chi connectivity index (χ2n) is 5.51. The number of aryl methyl sites for hydroxylation is 3. The van der Waals surface area contributed by atoms with Gasteiger partial charge in [0, 0.05) is 0 Å². The van der Waals surface area contributed by atoms with Crippen LogP contribution in [0.4, 0.5) is 8.78 Å². The van der Waals surface area contributed by atoms with Gasteiger partial charge in [0.2, 0.25) is 0 Å². The van der Waals surface area contributed by atoms with Crippen LogP contribution in [0.3, 0.4) is 0 Å². The molecule has 0 aliphatic carbocycles. The van der Waals surface area contributed by atoms with Gasteiger partial charge in [0.25, 0.3) is 0 Å². The zero-order chi connectivity index (χ0) is 15.1. The van der Waals surface area contributed by atoms with Crippen molar-refractivity contribution in [2.24, 2.45) is 0 Å². The quantitative estimate of drug-likeness (QED) is 0.592. The van der Waals surface area contributed by atoms with Gasteiger partial charge in [0.15, 0.2) is 0 Å². The molecule has 2 rings (SSSR count). The van der Waals surface area contributed by atoms with Crippen LogP contribution < -0.4 is 0 Å². The molecule has 0 bridgehead atoms. The van der Waals surface area contributed by atoms with Crippen molar-refractivity contribution in [3.63, 3.8) is 0 Å². The Kier molecular flexibility index (Phi) is 5.91. The number of unbranched alkanes of at least 4 members (excludes halogenated alkanes) is 2. The first kappa shape index (κ1) is 15.7. The fourth-order valence-corrected chi connectivity index (χ4v) is 2.46. The fourth-order valence-electron chi connectivity index (χ4n) is 2.46. The standard InChI is InChI=1S/C19H22F2/c1-2-3-4-5-16-7-11-17(19(21)14-16)10-6-15-8-12-18(20)13-9-15/h7-9,11-14H,2-6,10H2,1H3. The Bertz CT molecular complexity index is 558. The van der Waals surface area contributed by atoms with E-state index < -0.39 is 0 Å². The van der Waals surface area contributed by atoms with E-state index in [0.29, 0.717) is 6.42 Å². The molecular weight excluding hydrogens is 266 g/mol. The Morgan fingerprint density at radius 2 is 1.48 bits per heavy atom. The average Bonchev–Trinajstić information content (AvgIpc) is 2.48. The van der Waals surface area contributed by atoms with Gasteiger partial charge >= 0.3 is 0 Å². The lowest BCUT2D eigenvalue weighted by atomic mass is 10.0. The summed E-state index contributed by atoms with van der Waals surface area (Å²) >= 11 is 0. The van der Waals surface area contributed by atoms with Crippen molar-refractivity contribution >= 4 is 0 Å². The Balaban J connectivity index is 1.92. The summed E-state index contributed by atoms with van der Waals surface area (Å²) < 4.78 is 26.9. The van der Waals surface area contributed by atoms with Crippen LogP contribution >= 0.6 is 0 Å². The minimum atomic E-state index is -0.235. The highest BCUT2D eigenvalue weighted by Crippen LogP contribution is 2.16. The smallest absolute Gasteiger partial charge is 0.126 e. The molecule has 0 heterocycles. The largest absolute Gasteiger partial charge is 0.207 e. The molecule has 0 aliphatic heterocycles. The van der Waals surface area contributed by atoms with Crippen LogP contribution in [0.15, 0.2) is 42.5 Å². The molecule has 0 unspecified atom stereocenters. The fraction of sp³-hybridized carbons (Fsp3) is 0.368. The number of rotatable bonds is 7. The summed E-state index contributed by atoms with van der Waals surface area (Å²) in [6.45, 7) is 2.17. The van der Waals surface area contributed by atoms with E-state index >= 15 is 0 Å². The summed E-state index contributed by atoms with van der Waals surface area (Å²) in [5.74, 6) is -0.354. The maximum Gasteiger partial charge on any atom is 0.126 e. The van der Waals surface area contributed by atoms with Crippen molar-refractivity contribution in [1.82, 2.24) is 0 Å². The van der Waals surface area contributed by atoms with Gasteiger partial charge in [0.05, 0.1) is 0 Å². The van der Waals surface area contributed by atoms with Gasteiger partial charge in [0.1, 0.15) is 11.6 Å². The molecule has 0 N–H and O–H groups in total. The zero-order valence-electron chi connectivity index (χ0n) is 12.5. The van der Waals surface area contributed by atoms with Crippen molar-refractivity contribution in [2.75, 3.05) is 0 Å². The van der Waals surface area contributed by atoms with E-state index in [-0.39, 0.29) is 11.6 Å². The molecular formula is C19H22F2. The molecule has 0 saturated heterocycles. The Morgan fingerprint density at radius 3 is 2.14 bits per heavy atom. The topological polar surface area (TPSA) is 0 Å². The van der Waals surface area contributed by atoms with Crippen molar-refractivity contribution in [1.29, 1.82) is 0 Å². The summed E-state index contributed by atoms with van der Waals surface area (Å²) in [5, 5.41) is 0. The van der Waals surface area contributed by atoms with Crippen LogP contribution in [0.5, 0.6) is 0 Å². The van der Waals surface area contributed by atoms with Gasteiger partial charge in [-0.15, -0.1) is 0 Å². The third kappa shape index (κ3) is 4.96.